The van der Waals surface area contributed by atoms with Gasteiger partial charge < -0.3 is 9.47 Å². The largest absolute Gasteiger partial charge is 0.497 e. The Balaban J connectivity index is 1.59. The number of hydrogen-bond donors (Lipinski definition) is 0. The summed E-state index contributed by atoms with van der Waals surface area (Å²) in [7, 11) is 1.60. The van der Waals surface area contributed by atoms with Crippen LogP contribution in [0.2, 0.25) is 0 Å². The van der Waals surface area contributed by atoms with Gasteiger partial charge >= 0.3 is 5.97 Å². The zero-order valence-corrected chi connectivity index (χ0v) is 19.0. The van der Waals surface area contributed by atoms with Crippen molar-refractivity contribution in [1.82, 2.24) is 4.90 Å². The molecule has 0 radical (unpaired) electrons. The van der Waals surface area contributed by atoms with Crippen LogP contribution in [0, 0.1) is 0 Å². The molecule has 1 saturated heterocycles. The first-order valence-corrected chi connectivity index (χ1v) is 11.1. The number of carbonyl (C=O) groups excluding carboxylic acids is 2. The van der Waals surface area contributed by atoms with Crippen LogP contribution in [0.3, 0.4) is 0 Å². The second kappa shape index (κ2) is 10.9. The number of methoxy groups -OCH3 is 1. The Morgan fingerprint density at radius 1 is 1.06 bits per heavy atom. The van der Waals surface area contributed by atoms with Crippen molar-refractivity contribution >= 4 is 52.3 Å². The van der Waals surface area contributed by atoms with Crippen LogP contribution in [0.1, 0.15) is 30.9 Å². The summed E-state index contributed by atoms with van der Waals surface area (Å²) in [5.41, 5.74) is 1.70. The van der Waals surface area contributed by atoms with Gasteiger partial charge in [0.1, 0.15) is 15.8 Å². The van der Waals surface area contributed by atoms with E-state index in [9.17, 15) is 9.59 Å². The third-order valence-corrected chi connectivity index (χ3v) is 5.91. The van der Waals surface area contributed by atoms with Gasteiger partial charge in [-0.3, -0.25) is 9.69 Å². The molecule has 1 amide bonds. The van der Waals surface area contributed by atoms with Crippen molar-refractivity contribution in [2.45, 2.75) is 19.8 Å². The Morgan fingerprint density at radius 2 is 1.71 bits per heavy atom. The molecule has 1 heterocycles. The van der Waals surface area contributed by atoms with Crippen molar-refractivity contribution in [2.75, 3.05) is 13.7 Å². The molecule has 0 aromatic heterocycles. The molecule has 0 spiro atoms. The predicted molar refractivity (Wildman–Crippen MR) is 129 cm³/mol. The zero-order chi connectivity index (χ0) is 22.2. The Morgan fingerprint density at radius 3 is 2.35 bits per heavy atom. The van der Waals surface area contributed by atoms with Gasteiger partial charge in [-0.1, -0.05) is 61.6 Å². The number of thioether (sulfide) groups is 1. The highest BCUT2D eigenvalue weighted by atomic mass is 32.2. The Labute approximate surface area is 191 Å². The van der Waals surface area contributed by atoms with Crippen LogP contribution < -0.4 is 9.47 Å². The van der Waals surface area contributed by atoms with Gasteiger partial charge in [0.05, 0.1) is 12.0 Å². The number of rotatable bonds is 8. The molecule has 160 valence electrons. The minimum Gasteiger partial charge on any atom is -0.497 e. The van der Waals surface area contributed by atoms with Crippen molar-refractivity contribution in [1.29, 1.82) is 0 Å². The van der Waals surface area contributed by atoms with E-state index in [1.165, 1.54) is 17.8 Å². The second-order valence-corrected chi connectivity index (χ2v) is 8.46. The molecule has 0 saturated carbocycles. The standard InChI is InChI=1S/C24H23NO4S2/c1-3-4-15-25-23(27)21(31-24(25)30)16-18-7-12-20(13-8-18)29-22(26)14-9-17-5-10-19(28-2)11-6-17/h5-14,16H,3-4,15H2,1-2H3. The van der Waals surface area contributed by atoms with Crippen LogP contribution in [0.5, 0.6) is 11.5 Å². The molecule has 1 fully saturated rings. The number of benzene rings is 2. The van der Waals surface area contributed by atoms with Crippen LogP contribution in [-0.4, -0.2) is 34.8 Å². The van der Waals surface area contributed by atoms with Gasteiger partial charge in [0.2, 0.25) is 0 Å². The Bertz CT molecular complexity index is 1010. The molecule has 0 unspecified atom stereocenters. The summed E-state index contributed by atoms with van der Waals surface area (Å²) in [6.45, 7) is 2.73. The summed E-state index contributed by atoms with van der Waals surface area (Å²) in [6.07, 6.45) is 6.78. The van der Waals surface area contributed by atoms with Gasteiger partial charge in [0.15, 0.2) is 0 Å². The highest BCUT2D eigenvalue weighted by molar-refractivity contribution is 8.26. The number of hydrogen-bond acceptors (Lipinski definition) is 6. The number of ether oxygens (including phenoxy) is 2. The molecule has 7 heteroatoms. The van der Waals surface area contributed by atoms with Gasteiger partial charge in [0, 0.05) is 12.6 Å². The van der Waals surface area contributed by atoms with E-state index >= 15 is 0 Å². The molecule has 2 aromatic carbocycles. The van der Waals surface area contributed by atoms with Crippen molar-refractivity contribution < 1.29 is 19.1 Å². The molecule has 0 bridgehead atoms. The first-order chi connectivity index (χ1) is 15.0. The molecule has 0 atom stereocenters. The average molecular weight is 454 g/mol. The van der Waals surface area contributed by atoms with Crippen molar-refractivity contribution in [2.24, 2.45) is 0 Å². The lowest BCUT2D eigenvalue weighted by Crippen LogP contribution is -2.28. The molecule has 1 aliphatic heterocycles. The van der Waals surface area contributed by atoms with E-state index in [4.69, 9.17) is 21.7 Å². The quantitative estimate of drug-likeness (QED) is 0.234. The van der Waals surface area contributed by atoms with Gasteiger partial charge in [-0.25, -0.2) is 4.79 Å². The zero-order valence-electron chi connectivity index (χ0n) is 17.4. The van der Waals surface area contributed by atoms with Crippen LogP contribution in [0.4, 0.5) is 0 Å². The predicted octanol–water partition coefficient (Wildman–Crippen LogP) is 5.32. The molecular formula is C24H23NO4S2. The second-order valence-electron chi connectivity index (χ2n) is 6.78. The summed E-state index contributed by atoms with van der Waals surface area (Å²) in [4.78, 5) is 26.8. The van der Waals surface area contributed by atoms with E-state index in [1.807, 2.05) is 24.3 Å². The lowest BCUT2D eigenvalue weighted by Gasteiger charge is -2.12. The molecule has 5 nitrogen and oxygen atoms in total. The van der Waals surface area contributed by atoms with Gasteiger partial charge in [-0.2, -0.15) is 0 Å². The number of nitrogens with zero attached hydrogens (tertiary/aromatic N) is 1. The van der Waals surface area contributed by atoms with Crippen LogP contribution in [0.15, 0.2) is 59.5 Å². The lowest BCUT2D eigenvalue weighted by atomic mass is 10.2. The third-order valence-electron chi connectivity index (χ3n) is 4.53. The molecule has 31 heavy (non-hydrogen) atoms. The van der Waals surface area contributed by atoms with Crippen LogP contribution >= 0.6 is 24.0 Å². The molecule has 1 aliphatic rings. The SMILES string of the molecule is CCCCN1C(=O)C(=Cc2ccc(OC(=O)C=Cc3ccc(OC)cc3)cc2)SC1=S. The number of esters is 1. The maximum Gasteiger partial charge on any atom is 0.336 e. The highest BCUT2D eigenvalue weighted by Gasteiger charge is 2.31. The number of unbranched alkanes of at least 4 members (excludes halogenated alkanes) is 1. The van der Waals surface area contributed by atoms with Crippen molar-refractivity contribution in [3.8, 4) is 11.5 Å². The third kappa shape index (κ3) is 6.29. The van der Waals surface area contributed by atoms with Crippen LogP contribution in [-0.2, 0) is 9.59 Å². The van der Waals surface area contributed by atoms with E-state index in [-0.39, 0.29) is 5.91 Å². The minimum absolute atomic E-state index is 0.0531. The summed E-state index contributed by atoms with van der Waals surface area (Å²) >= 11 is 6.64. The molecular weight excluding hydrogens is 430 g/mol. The monoisotopic (exact) mass is 453 g/mol. The Kier molecular flexibility index (Phi) is 8.03. The minimum atomic E-state index is -0.472. The van der Waals surface area contributed by atoms with Crippen molar-refractivity contribution in [3.63, 3.8) is 0 Å². The van der Waals surface area contributed by atoms with Gasteiger partial charge in [-0.15, -0.1) is 0 Å². The molecule has 0 aliphatic carbocycles. The van der Waals surface area contributed by atoms with Gasteiger partial charge in [0.25, 0.3) is 5.91 Å². The topological polar surface area (TPSA) is 55.8 Å². The van der Waals surface area contributed by atoms with E-state index < -0.39 is 5.97 Å². The van der Waals surface area contributed by atoms with Crippen molar-refractivity contribution in [3.05, 3.63) is 70.6 Å². The first-order valence-electron chi connectivity index (χ1n) is 9.89. The van der Waals surface area contributed by atoms with E-state index in [0.29, 0.717) is 21.5 Å². The molecule has 0 N–H and O–H groups in total. The molecule has 2 aromatic rings. The van der Waals surface area contributed by atoms with Crippen LogP contribution in [0.25, 0.3) is 12.2 Å². The maximum atomic E-state index is 12.5. The highest BCUT2D eigenvalue weighted by Crippen LogP contribution is 2.33. The lowest BCUT2D eigenvalue weighted by molar-refractivity contribution is -0.129. The normalized spacial score (nSPS) is 15.2. The summed E-state index contributed by atoms with van der Waals surface area (Å²) in [6, 6.07) is 14.3. The number of thiocarbonyl (C=S) groups is 1. The average Bonchev–Trinajstić information content (AvgIpc) is 3.04. The van der Waals surface area contributed by atoms with E-state index in [2.05, 4.69) is 6.92 Å². The summed E-state index contributed by atoms with van der Waals surface area (Å²) in [5, 5.41) is 0. The fourth-order valence-electron chi connectivity index (χ4n) is 2.82. The smallest absolute Gasteiger partial charge is 0.336 e. The summed E-state index contributed by atoms with van der Waals surface area (Å²) < 4.78 is 11.0. The van der Waals surface area contributed by atoms with E-state index in [0.717, 1.165) is 29.7 Å². The number of amides is 1. The first kappa shape index (κ1) is 22.8. The fraction of sp³-hybridized carbons (Fsp3) is 0.208. The molecule has 3 rings (SSSR count). The van der Waals surface area contributed by atoms with E-state index in [1.54, 1.807) is 48.4 Å². The summed E-state index contributed by atoms with van der Waals surface area (Å²) in [5.74, 6) is 0.656. The fourth-order valence-corrected chi connectivity index (χ4v) is 4.13. The number of carbonyl (C=O) groups is 2. The van der Waals surface area contributed by atoms with Gasteiger partial charge in [-0.05, 0) is 54.0 Å². The maximum absolute atomic E-state index is 12.5. The Hall–Kier alpha value is -2.90.